The molecule has 1 heterocycles. The number of ether oxygens (including phenoxy) is 1. The lowest BCUT2D eigenvalue weighted by atomic mass is 9.79. The number of hydrogen-bond acceptors (Lipinski definition) is 2. The SMILES string of the molecule is CCNC1CC2(CCCC2CC)Oc2cc(Br)ccc21. The van der Waals surface area contributed by atoms with Crippen LogP contribution in [-0.4, -0.2) is 12.1 Å². The van der Waals surface area contributed by atoms with Crippen LogP contribution in [0.25, 0.3) is 0 Å². The quantitative estimate of drug-likeness (QED) is 0.852. The maximum Gasteiger partial charge on any atom is 0.126 e. The van der Waals surface area contributed by atoms with Gasteiger partial charge in [-0.2, -0.15) is 0 Å². The van der Waals surface area contributed by atoms with Gasteiger partial charge in [-0.3, -0.25) is 0 Å². The molecule has 1 aromatic rings. The Bertz CT molecular complexity index is 490. The van der Waals surface area contributed by atoms with Crippen LogP contribution < -0.4 is 10.1 Å². The Hall–Kier alpha value is -0.540. The molecule has 20 heavy (non-hydrogen) atoms. The van der Waals surface area contributed by atoms with Crippen molar-refractivity contribution in [2.24, 2.45) is 5.92 Å². The summed E-state index contributed by atoms with van der Waals surface area (Å²) in [7, 11) is 0. The van der Waals surface area contributed by atoms with Crippen LogP contribution in [0.4, 0.5) is 0 Å². The van der Waals surface area contributed by atoms with Crippen molar-refractivity contribution in [2.75, 3.05) is 6.54 Å². The molecule has 2 aliphatic rings. The predicted molar refractivity (Wildman–Crippen MR) is 86.2 cm³/mol. The van der Waals surface area contributed by atoms with E-state index in [1.807, 2.05) is 0 Å². The molecule has 3 unspecified atom stereocenters. The average Bonchev–Trinajstić information content (AvgIpc) is 2.80. The van der Waals surface area contributed by atoms with Gasteiger partial charge in [0.1, 0.15) is 11.4 Å². The molecule has 1 spiro atoms. The highest BCUT2D eigenvalue weighted by molar-refractivity contribution is 9.10. The normalized spacial score (nSPS) is 32.1. The lowest BCUT2D eigenvalue weighted by molar-refractivity contribution is -0.00541. The topological polar surface area (TPSA) is 21.3 Å². The molecule has 1 fully saturated rings. The molecule has 0 aromatic heterocycles. The van der Waals surface area contributed by atoms with Gasteiger partial charge in [0, 0.05) is 22.5 Å². The van der Waals surface area contributed by atoms with Crippen LogP contribution in [0.5, 0.6) is 5.75 Å². The summed E-state index contributed by atoms with van der Waals surface area (Å²) in [6.45, 7) is 5.50. The Kier molecular flexibility index (Phi) is 4.09. The average molecular weight is 338 g/mol. The molecule has 3 rings (SSSR count). The molecule has 1 aliphatic carbocycles. The summed E-state index contributed by atoms with van der Waals surface area (Å²) in [5, 5.41) is 3.66. The molecule has 3 heteroatoms. The van der Waals surface area contributed by atoms with E-state index in [9.17, 15) is 0 Å². The third-order valence-electron chi connectivity index (χ3n) is 5.05. The predicted octanol–water partition coefficient (Wildman–Crippen LogP) is 4.83. The van der Waals surface area contributed by atoms with Crippen LogP contribution >= 0.6 is 15.9 Å². The largest absolute Gasteiger partial charge is 0.487 e. The zero-order valence-electron chi connectivity index (χ0n) is 12.4. The fourth-order valence-electron chi connectivity index (χ4n) is 4.12. The Labute approximate surface area is 130 Å². The first kappa shape index (κ1) is 14.4. The summed E-state index contributed by atoms with van der Waals surface area (Å²) >= 11 is 3.58. The third kappa shape index (κ3) is 2.39. The van der Waals surface area contributed by atoms with Crippen molar-refractivity contribution in [1.82, 2.24) is 5.32 Å². The van der Waals surface area contributed by atoms with Crippen LogP contribution in [0.15, 0.2) is 22.7 Å². The summed E-state index contributed by atoms with van der Waals surface area (Å²) in [6, 6.07) is 6.90. The minimum Gasteiger partial charge on any atom is -0.487 e. The molecule has 1 N–H and O–H groups in total. The number of halogens is 1. The van der Waals surface area contributed by atoms with E-state index in [0.717, 1.165) is 23.2 Å². The molecule has 0 saturated heterocycles. The first-order valence-electron chi connectivity index (χ1n) is 7.90. The number of hydrogen-bond donors (Lipinski definition) is 1. The smallest absolute Gasteiger partial charge is 0.126 e. The molecule has 0 amide bonds. The second-order valence-electron chi connectivity index (χ2n) is 6.16. The van der Waals surface area contributed by atoms with E-state index < -0.39 is 0 Å². The van der Waals surface area contributed by atoms with E-state index in [0.29, 0.717) is 12.0 Å². The molecular weight excluding hydrogens is 314 g/mol. The highest BCUT2D eigenvalue weighted by atomic mass is 79.9. The maximum atomic E-state index is 6.57. The van der Waals surface area contributed by atoms with Crippen LogP contribution in [0, 0.1) is 5.92 Å². The molecule has 3 atom stereocenters. The van der Waals surface area contributed by atoms with Gasteiger partial charge in [0.25, 0.3) is 0 Å². The number of nitrogens with one attached hydrogen (secondary N) is 1. The molecule has 1 saturated carbocycles. The van der Waals surface area contributed by atoms with Gasteiger partial charge in [-0.1, -0.05) is 35.8 Å². The summed E-state index contributed by atoms with van der Waals surface area (Å²) in [4.78, 5) is 0. The van der Waals surface area contributed by atoms with E-state index in [1.54, 1.807) is 0 Å². The van der Waals surface area contributed by atoms with E-state index in [1.165, 1.54) is 31.2 Å². The van der Waals surface area contributed by atoms with Crippen LogP contribution in [0.2, 0.25) is 0 Å². The fourth-order valence-corrected chi connectivity index (χ4v) is 4.46. The van der Waals surface area contributed by atoms with Crippen molar-refractivity contribution >= 4 is 15.9 Å². The van der Waals surface area contributed by atoms with Gasteiger partial charge >= 0.3 is 0 Å². The summed E-state index contributed by atoms with van der Waals surface area (Å²) in [5.74, 6) is 1.78. The Morgan fingerprint density at radius 1 is 1.40 bits per heavy atom. The highest BCUT2D eigenvalue weighted by Crippen LogP contribution is 2.51. The maximum absolute atomic E-state index is 6.57. The van der Waals surface area contributed by atoms with Crippen LogP contribution in [-0.2, 0) is 0 Å². The third-order valence-corrected chi connectivity index (χ3v) is 5.55. The zero-order chi connectivity index (χ0) is 14.2. The Balaban J connectivity index is 1.99. The molecule has 110 valence electrons. The number of rotatable bonds is 3. The highest BCUT2D eigenvalue weighted by Gasteiger charge is 2.48. The number of benzene rings is 1. The van der Waals surface area contributed by atoms with Gasteiger partial charge in [0.2, 0.25) is 0 Å². The Morgan fingerprint density at radius 2 is 2.25 bits per heavy atom. The van der Waals surface area contributed by atoms with Gasteiger partial charge < -0.3 is 10.1 Å². The molecular formula is C17H24BrNO. The lowest BCUT2D eigenvalue weighted by Crippen LogP contribution is -2.46. The summed E-state index contributed by atoms with van der Waals surface area (Å²) in [6.07, 6.45) is 6.18. The minimum atomic E-state index is 0.0649. The standard InChI is InChI=1S/C17H24BrNO/c1-3-12-6-5-9-17(12)11-15(19-4-2)14-8-7-13(18)10-16(14)20-17/h7-8,10,12,15,19H,3-6,9,11H2,1-2H3. The minimum absolute atomic E-state index is 0.0649. The first-order valence-corrected chi connectivity index (χ1v) is 8.69. The summed E-state index contributed by atoms with van der Waals surface area (Å²) < 4.78 is 7.68. The lowest BCUT2D eigenvalue weighted by Gasteiger charge is -2.44. The van der Waals surface area contributed by atoms with Gasteiger partial charge in [0.05, 0.1) is 0 Å². The van der Waals surface area contributed by atoms with E-state index in [4.69, 9.17) is 4.74 Å². The summed E-state index contributed by atoms with van der Waals surface area (Å²) in [5.41, 5.74) is 1.39. The fraction of sp³-hybridized carbons (Fsp3) is 0.647. The van der Waals surface area contributed by atoms with Crippen LogP contribution in [0.3, 0.4) is 0 Å². The number of fused-ring (bicyclic) bond motifs is 1. The van der Waals surface area contributed by atoms with Crippen molar-refractivity contribution < 1.29 is 4.74 Å². The zero-order valence-corrected chi connectivity index (χ0v) is 14.0. The van der Waals surface area contributed by atoms with E-state index >= 15 is 0 Å². The van der Waals surface area contributed by atoms with Crippen LogP contribution in [0.1, 0.15) is 57.6 Å². The van der Waals surface area contributed by atoms with E-state index in [2.05, 4.69) is 53.3 Å². The van der Waals surface area contributed by atoms with Crippen molar-refractivity contribution in [3.63, 3.8) is 0 Å². The molecule has 2 nitrogen and oxygen atoms in total. The molecule has 1 aliphatic heterocycles. The van der Waals surface area contributed by atoms with Gasteiger partial charge in [-0.15, -0.1) is 0 Å². The van der Waals surface area contributed by atoms with Crippen molar-refractivity contribution in [3.8, 4) is 5.75 Å². The monoisotopic (exact) mass is 337 g/mol. The molecule has 0 radical (unpaired) electrons. The van der Waals surface area contributed by atoms with Crippen molar-refractivity contribution in [2.45, 2.75) is 57.6 Å². The van der Waals surface area contributed by atoms with Gasteiger partial charge in [-0.25, -0.2) is 0 Å². The Morgan fingerprint density at radius 3 is 3.00 bits per heavy atom. The molecule has 0 bridgehead atoms. The first-order chi connectivity index (χ1) is 9.68. The van der Waals surface area contributed by atoms with Crippen molar-refractivity contribution in [3.05, 3.63) is 28.2 Å². The molecule has 1 aromatic carbocycles. The van der Waals surface area contributed by atoms with E-state index in [-0.39, 0.29) is 5.60 Å². The van der Waals surface area contributed by atoms with Gasteiger partial charge in [0.15, 0.2) is 0 Å². The van der Waals surface area contributed by atoms with Gasteiger partial charge in [-0.05, 0) is 50.3 Å². The second kappa shape index (κ2) is 5.69. The second-order valence-corrected chi connectivity index (χ2v) is 7.08. The van der Waals surface area contributed by atoms with Crippen molar-refractivity contribution in [1.29, 1.82) is 0 Å².